The van der Waals surface area contributed by atoms with Crippen molar-refractivity contribution in [2.24, 2.45) is 5.92 Å². The van der Waals surface area contributed by atoms with Crippen molar-refractivity contribution < 1.29 is 4.92 Å². The second-order valence-electron chi connectivity index (χ2n) is 5.67. The number of hydrogen-bond acceptors (Lipinski definition) is 4. The maximum absolute atomic E-state index is 11.1. The summed E-state index contributed by atoms with van der Waals surface area (Å²) in [6.07, 6.45) is 8.18. The van der Waals surface area contributed by atoms with Crippen LogP contribution >= 0.6 is 0 Å². The van der Waals surface area contributed by atoms with Gasteiger partial charge in [-0.2, -0.15) is 0 Å². The minimum Gasteiger partial charge on any atom is -0.383 e. The average Bonchev–Trinajstić information content (AvgIpc) is 2.53. The number of non-ortho nitro benzene ring substituents is 1. The van der Waals surface area contributed by atoms with Crippen LogP contribution in [0, 0.1) is 16.0 Å². The van der Waals surface area contributed by atoms with Crippen molar-refractivity contribution in [2.75, 3.05) is 11.9 Å². The van der Waals surface area contributed by atoms with E-state index >= 15 is 0 Å². The van der Waals surface area contributed by atoms with Gasteiger partial charge in [0.2, 0.25) is 0 Å². The number of pyridine rings is 1. The SMILES string of the molecule is O=[N+]([O-])c1ccc(NCC2CCCCC2)c2ncccc12. The third-order valence-corrected chi connectivity index (χ3v) is 4.25. The van der Waals surface area contributed by atoms with Crippen LogP contribution in [0.5, 0.6) is 0 Å². The third-order valence-electron chi connectivity index (χ3n) is 4.25. The molecule has 5 nitrogen and oxygen atoms in total. The van der Waals surface area contributed by atoms with Crippen molar-refractivity contribution in [2.45, 2.75) is 32.1 Å². The molecule has 21 heavy (non-hydrogen) atoms. The second-order valence-corrected chi connectivity index (χ2v) is 5.67. The highest BCUT2D eigenvalue weighted by atomic mass is 16.6. The smallest absolute Gasteiger partial charge is 0.278 e. The zero-order valence-electron chi connectivity index (χ0n) is 11.9. The molecule has 3 rings (SSSR count). The van der Waals surface area contributed by atoms with E-state index in [4.69, 9.17) is 0 Å². The molecule has 5 heteroatoms. The van der Waals surface area contributed by atoms with Crippen LogP contribution in [0.3, 0.4) is 0 Å². The zero-order valence-corrected chi connectivity index (χ0v) is 11.9. The summed E-state index contributed by atoms with van der Waals surface area (Å²) in [5.41, 5.74) is 1.69. The van der Waals surface area contributed by atoms with Crippen molar-refractivity contribution >= 4 is 22.3 Å². The molecule has 0 bridgehead atoms. The molecule has 1 aromatic heterocycles. The van der Waals surface area contributed by atoms with Crippen LogP contribution in [0.25, 0.3) is 10.9 Å². The Balaban J connectivity index is 1.85. The first-order chi connectivity index (χ1) is 10.3. The van der Waals surface area contributed by atoms with E-state index in [0.29, 0.717) is 16.8 Å². The van der Waals surface area contributed by atoms with Gasteiger partial charge in [-0.15, -0.1) is 0 Å². The highest BCUT2D eigenvalue weighted by Crippen LogP contribution is 2.30. The number of aromatic nitrogens is 1. The Bertz CT molecular complexity index is 651. The molecule has 2 aromatic rings. The largest absolute Gasteiger partial charge is 0.383 e. The van der Waals surface area contributed by atoms with E-state index in [1.807, 2.05) is 0 Å². The fourth-order valence-corrected chi connectivity index (χ4v) is 3.11. The Labute approximate surface area is 123 Å². The fraction of sp³-hybridized carbons (Fsp3) is 0.438. The number of hydrogen-bond donors (Lipinski definition) is 1. The van der Waals surface area contributed by atoms with Crippen LogP contribution in [0.2, 0.25) is 0 Å². The molecule has 1 aliphatic rings. The van der Waals surface area contributed by atoms with Gasteiger partial charge in [0.05, 0.1) is 16.0 Å². The Morgan fingerprint density at radius 1 is 1.24 bits per heavy atom. The van der Waals surface area contributed by atoms with Crippen molar-refractivity contribution in [3.8, 4) is 0 Å². The standard InChI is InChI=1S/C16H19N3O2/c20-19(21)15-9-8-14(16-13(15)7-4-10-17-16)18-11-12-5-2-1-3-6-12/h4,7-10,12,18H,1-3,5-6,11H2. The molecule has 0 unspecified atom stereocenters. The average molecular weight is 285 g/mol. The number of nitro groups is 1. The maximum atomic E-state index is 11.1. The van der Waals surface area contributed by atoms with Gasteiger partial charge in [0.15, 0.2) is 0 Å². The lowest BCUT2D eigenvalue weighted by Gasteiger charge is -2.22. The molecule has 0 amide bonds. The van der Waals surface area contributed by atoms with Crippen LogP contribution in [0.1, 0.15) is 32.1 Å². The predicted molar refractivity (Wildman–Crippen MR) is 83.5 cm³/mol. The Morgan fingerprint density at radius 2 is 2.05 bits per heavy atom. The van der Waals surface area contributed by atoms with E-state index in [9.17, 15) is 10.1 Å². The van der Waals surface area contributed by atoms with Crippen molar-refractivity contribution in [1.29, 1.82) is 0 Å². The number of nitro benzene ring substituents is 1. The highest BCUT2D eigenvalue weighted by Gasteiger charge is 2.17. The van der Waals surface area contributed by atoms with Gasteiger partial charge in [-0.05, 0) is 37.0 Å². The Kier molecular flexibility index (Phi) is 3.99. The highest BCUT2D eigenvalue weighted by molar-refractivity contribution is 5.96. The summed E-state index contributed by atoms with van der Waals surface area (Å²) in [4.78, 5) is 15.1. The molecule has 0 saturated heterocycles. The Hall–Kier alpha value is -2.17. The fourth-order valence-electron chi connectivity index (χ4n) is 3.11. The summed E-state index contributed by atoms with van der Waals surface area (Å²) in [5.74, 6) is 0.702. The number of fused-ring (bicyclic) bond motifs is 1. The van der Waals surface area contributed by atoms with Crippen LogP contribution < -0.4 is 5.32 Å². The molecular formula is C16H19N3O2. The number of benzene rings is 1. The molecular weight excluding hydrogens is 266 g/mol. The summed E-state index contributed by atoms with van der Waals surface area (Å²) in [5, 5.41) is 15.1. The lowest BCUT2D eigenvalue weighted by atomic mass is 9.89. The second kappa shape index (κ2) is 6.08. The predicted octanol–water partition coefficient (Wildman–Crippen LogP) is 4.14. The van der Waals surface area contributed by atoms with Crippen molar-refractivity contribution in [3.05, 3.63) is 40.6 Å². The molecule has 110 valence electrons. The van der Waals surface area contributed by atoms with Gasteiger partial charge in [-0.25, -0.2) is 0 Å². The first-order valence-corrected chi connectivity index (χ1v) is 7.51. The molecule has 1 saturated carbocycles. The van der Waals surface area contributed by atoms with Gasteiger partial charge in [0.1, 0.15) is 5.52 Å². The number of nitrogens with zero attached hydrogens (tertiary/aromatic N) is 2. The Morgan fingerprint density at radius 3 is 2.81 bits per heavy atom. The summed E-state index contributed by atoms with van der Waals surface area (Å²) in [6.45, 7) is 0.920. The van der Waals surface area contributed by atoms with E-state index < -0.39 is 0 Å². The van der Waals surface area contributed by atoms with Crippen molar-refractivity contribution in [3.63, 3.8) is 0 Å². The molecule has 1 heterocycles. The minimum absolute atomic E-state index is 0.112. The first kappa shape index (κ1) is 13.8. The molecule has 0 radical (unpaired) electrons. The lowest BCUT2D eigenvalue weighted by molar-refractivity contribution is -0.383. The topological polar surface area (TPSA) is 68.1 Å². The summed E-state index contributed by atoms with van der Waals surface area (Å²) in [6, 6.07) is 6.83. The minimum atomic E-state index is -0.352. The number of nitrogens with one attached hydrogen (secondary N) is 1. The van der Waals surface area contributed by atoms with Crippen LogP contribution in [0.15, 0.2) is 30.5 Å². The quantitative estimate of drug-likeness (QED) is 0.677. The van der Waals surface area contributed by atoms with E-state index in [-0.39, 0.29) is 10.6 Å². The monoisotopic (exact) mass is 285 g/mol. The molecule has 1 aromatic carbocycles. The summed E-state index contributed by atoms with van der Waals surface area (Å²) >= 11 is 0. The number of rotatable bonds is 4. The van der Waals surface area contributed by atoms with E-state index in [1.54, 1.807) is 30.5 Å². The lowest BCUT2D eigenvalue weighted by Crippen LogP contribution is -2.17. The molecule has 0 atom stereocenters. The van der Waals surface area contributed by atoms with Gasteiger partial charge >= 0.3 is 0 Å². The van der Waals surface area contributed by atoms with Crippen LogP contribution in [-0.2, 0) is 0 Å². The van der Waals surface area contributed by atoms with Crippen LogP contribution in [-0.4, -0.2) is 16.5 Å². The maximum Gasteiger partial charge on any atom is 0.278 e. The summed E-state index contributed by atoms with van der Waals surface area (Å²) < 4.78 is 0. The van der Waals surface area contributed by atoms with Gasteiger partial charge in [0.25, 0.3) is 5.69 Å². The first-order valence-electron chi connectivity index (χ1n) is 7.51. The van der Waals surface area contributed by atoms with E-state index in [1.165, 1.54) is 32.1 Å². The van der Waals surface area contributed by atoms with Crippen LogP contribution in [0.4, 0.5) is 11.4 Å². The van der Waals surface area contributed by atoms with Gasteiger partial charge < -0.3 is 5.32 Å². The summed E-state index contributed by atoms with van der Waals surface area (Å²) in [7, 11) is 0. The molecule has 1 aliphatic carbocycles. The molecule has 1 fully saturated rings. The number of anilines is 1. The van der Waals surface area contributed by atoms with E-state index in [0.717, 1.165) is 12.2 Å². The third kappa shape index (κ3) is 2.96. The van der Waals surface area contributed by atoms with E-state index in [2.05, 4.69) is 10.3 Å². The van der Waals surface area contributed by atoms with Gasteiger partial charge in [0, 0.05) is 18.8 Å². The molecule has 0 aliphatic heterocycles. The van der Waals surface area contributed by atoms with Gasteiger partial charge in [-0.1, -0.05) is 19.3 Å². The van der Waals surface area contributed by atoms with Gasteiger partial charge in [-0.3, -0.25) is 15.1 Å². The zero-order chi connectivity index (χ0) is 14.7. The normalized spacial score (nSPS) is 16.0. The molecule has 1 N–H and O–H groups in total. The van der Waals surface area contributed by atoms with Crippen molar-refractivity contribution in [1.82, 2.24) is 4.98 Å². The molecule has 0 spiro atoms.